The molecule has 212 valence electrons. The fourth-order valence-corrected chi connectivity index (χ4v) is 10.6. The zero-order valence-corrected chi connectivity index (χ0v) is 26.6. The first-order valence-corrected chi connectivity index (χ1v) is 16.6. The summed E-state index contributed by atoms with van der Waals surface area (Å²) in [5.74, 6) is 0.536. The maximum Gasteiger partial charge on any atom is 0.319 e. The minimum atomic E-state index is -2.88. The van der Waals surface area contributed by atoms with E-state index in [1.165, 1.54) is 16.4 Å². The number of rotatable bonds is 10. The molecule has 41 heavy (non-hydrogen) atoms. The van der Waals surface area contributed by atoms with Crippen molar-refractivity contribution in [1.29, 1.82) is 0 Å². The van der Waals surface area contributed by atoms with E-state index in [2.05, 4.69) is 109 Å². The first-order valence-electron chi connectivity index (χ1n) is 13.9. The lowest BCUT2D eigenvalue weighted by molar-refractivity contribution is 0.182. The van der Waals surface area contributed by atoms with Gasteiger partial charge in [0.05, 0.1) is 13.2 Å². The summed E-state index contributed by atoms with van der Waals surface area (Å²) in [5.41, 5.74) is 2.20. The first-order chi connectivity index (χ1) is 19.7. The summed E-state index contributed by atoms with van der Waals surface area (Å²) in [7, 11) is -1.19. The highest BCUT2D eigenvalue weighted by molar-refractivity contribution is 9.10. The van der Waals surface area contributed by atoms with Crippen LogP contribution in [-0.2, 0) is 24.1 Å². The SMILES string of the molecule is COCCn1nc(Br)cc1CCc1cc(O[Si](c2ccccc2)(c2ccccc2)C(C)(C)C)c2ccc(F)cc2c1. The molecule has 1 aromatic heterocycles. The molecule has 0 saturated heterocycles. The van der Waals surface area contributed by atoms with Crippen molar-refractivity contribution in [1.82, 2.24) is 9.78 Å². The predicted molar refractivity (Wildman–Crippen MR) is 171 cm³/mol. The first kappa shape index (κ1) is 29.2. The Morgan fingerprint density at radius 2 is 1.51 bits per heavy atom. The van der Waals surface area contributed by atoms with Gasteiger partial charge in [0.1, 0.15) is 16.2 Å². The molecule has 0 aliphatic rings. The number of nitrogens with zero attached hydrogens (tertiary/aromatic N) is 2. The maximum absolute atomic E-state index is 14.5. The van der Waals surface area contributed by atoms with E-state index in [0.717, 1.165) is 45.2 Å². The number of ether oxygens (including phenoxy) is 1. The van der Waals surface area contributed by atoms with Gasteiger partial charge in [-0.3, -0.25) is 4.68 Å². The summed E-state index contributed by atoms with van der Waals surface area (Å²) in [6.07, 6.45) is 1.54. The van der Waals surface area contributed by atoms with Gasteiger partial charge in [0.2, 0.25) is 0 Å². The number of methoxy groups -OCH3 is 1. The van der Waals surface area contributed by atoms with Crippen LogP contribution < -0.4 is 14.8 Å². The monoisotopic (exact) mass is 630 g/mol. The van der Waals surface area contributed by atoms with Crippen LogP contribution in [0.5, 0.6) is 5.75 Å². The number of aryl methyl sites for hydroxylation is 2. The molecule has 4 nitrogen and oxygen atoms in total. The van der Waals surface area contributed by atoms with Crippen LogP contribution in [0.15, 0.2) is 102 Å². The Morgan fingerprint density at radius 1 is 0.854 bits per heavy atom. The highest BCUT2D eigenvalue weighted by atomic mass is 79.9. The van der Waals surface area contributed by atoms with Gasteiger partial charge in [-0.15, -0.1) is 0 Å². The standard InChI is InChI=1S/C34H36BrFN2O2Si/c1-34(2,3)41(29-11-7-5-8-12-29,30-13-9-6-10-14-30)40-32-22-25(21-26-23-27(36)16-18-31(26)32)15-17-28-24-33(35)37-38(28)19-20-39-4/h5-14,16,18,21-24H,15,17,19-20H2,1-4H3. The Kier molecular flexibility index (Phi) is 8.78. The predicted octanol–water partition coefficient (Wildman–Crippen LogP) is 7.31. The average Bonchev–Trinajstić information content (AvgIpc) is 3.32. The highest BCUT2D eigenvalue weighted by Gasteiger charge is 2.52. The maximum atomic E-state index is 14.5. The van der Waals surface area contributed by atoms with E-state index in [9.17, 15) is 4.39 Å². The van der Waals surface area contributed by atoms with Crippen LogP contribution in [0.2, 0.25) is 5.04 Å². The smallest absolute Gasteiger partial charge is 0.319 e. The van der Waals surface area contributed by atoms with Gasteiger partial charge in [-0.2, -0.15) is 5.10 Å². The van der Waals surface area contributed by atoms with Gasteiger partial charge in [-0.1, -0.05) is 87.5 Å². The molecule has 7 heteroatoms. The molecule has 0 atom stereocenters. The van der Waals surface area contributed by atoms with Crippen LogP contribution in [0.25, 0.3) is 10.8 Å². The van der Waals surface area contributed by atoms with E-state index in [0.29, 0.717) is 13.2 Å². The summed E-state index contributed by atoms with van der Waals surface area (Å²) >= 11 is 3.52. The molecular formula is C34H36BrFN2O2Si. The van der Waals surface area contributed by atoms with E-state index in [4.69, 9.17) is 9.16 Å². The van der Waals surface area contributed by atoms with Gasteiger partial charge >= 0.3 is 8.32 Å². The van der Waals surface area contributed by atoms with Crippen molar-refractivity contribution in [2.75, 3.05) is 13.7 Å². The van der Waals surface area contributed by atoms with Gasteiger partial charge in [0.15, 0.2) is 0 Å². The zero-order valence-electron chi connectivity index (χ0n) is 24.0. The molecule has 0 amide bonds. The summed E-state index contributed by atoms with van der Waals surface area (Å²) in [4.78, 5) is 0. The molecule has 0 radical (unpaired) electrons. The Balaban J connectivity index is 1.62. The van der Waals surface area contributed by atoms with Gasteiger partial charge in [0, 0.05) is 18.2 Å². The molecule has 5 rings (SSSR count). The number of halogens is 2. The van der Waals surface area contributed by atoms with Crippen LogP contribution in [0, 0.1) is 5.82 Å². The van der Waals surface area contributed by atoms with E-state index in [1.54, 1.807) is 13.2 Å². The number of hydrogen-bond donors (Lipinski definition) is 0. The Bertz CT molecular complexity index is 1580. The molecule has 1 heterocycles. The number of hydrogen-bond acceptors (Lipinski definition) is 3. The van der Waals surface area contributed by atoms with Gasteiger partial charge in [-0.25, -0.2) is 4.39 Å². The third kappa shape index (κ3) is 6.17. The summed E-state index contributed by atoms with van der Waals surface area (Å²) in [6, 6.07) is 32.5. The quantitative estimate of drug-likeness (QED) is 0.152. The largest absolute Gasteiger partial charge is 0.534 e. The van der Waals surface area contributed by atoms with E-state index < -0.39 is 8.32 Å². The summed E-state index contributed by atoms with van der Waals surface area (Å²) in [5, 5.41) is 8.52. The Hall–Kier alpha value is -3.26. The molecule has 0 N–H and O–H groups in total. The molecule has 5 aromatic rings. The molecule has 0 bridgehead atoms. The number of benzene rings is 4. The van der Waals surface area contributed by atoms with E-state index >= 15 is 0 Å². The van der Waals surface area contributed by atoms with Crippen molar-refractivity contribution in [3.8, 4) is 5.75 Å². The fraction of sp³-hybridized carbons (Fsp3) is 0.265. The lowest BCUT2D eigenvalue weighted by atomic mass is 10.0. The van der Waals surface area contributed by atoms with Gasteiger partial charge < -0.3 is 9.16 Å². The third-order valence-corrected chi connectivity index (χ3v) is 12.9. The van der Waals surface area contributed by atoms with Gasteiger partial charge in [0.25, 0.3) is 0 Å². The topological polar surface area (TPSA) is 36.3 Å². The van der Waals surface area contributed by atoms with Crippen LogP contribution in [0.1, 0.15) is 32.0 Å². The molecule has 0 aliphatic carbocycles. The minimum Gasteiger partial charge on any atom is -0.534 e. The Morgan fingerprint density at radius 3 is 2.12 bits per heavy atom. The van der Waals surface area contributed by atoms with Crippen LogP contribution >= 0.6 is 15.9 Å². The van der Waals surface area contributed by atoms with Crippen molar-refractivity contribution in [3.05, 3.63) is 119 Å². The number of aromatic nitrogens is 2. The molecule has 0 saturated carbocycles. The second kappa shape index (κ2) is 12.3. The minimum absolute atomic E-state index is 0.196. The zero-order chi connectivity index (χ0) is 29.0. The van der Waals surface area contributed by atoms with E-state index in [1.807, 2.05) is 22.9 Å². The normalized spacial score (nSPS) is 12.1. The molecule has 0 unspecified atom stereocenters. The van der Waals surface area contributed by atoms with Crippen molar-refractivity contribution >= 4 is 45.4 Å². The highest BCUT2D eigenvalue weighted by Crippen LogP contribution is 2.40. The Labute approximate surface area is 251 Å². The van der Waals surface area contributed by atoms with Crippen molar-refractivity contribution in [2.45, 2.75) is 45.2 Å². The summed E-state index contributed by atoms with van der Waals surface area (Å²) in [6.45, 7) is 8.08. The van der Waals surface area contributed by atoms with Crippen LogP contribution in [0.4, 0.5) is 4.39 Å². The van der Waals surface area contributed by atoms with Crippen LogP contribution in [0.3, 0.4) is 0 Å². The van der Waals surface area contributed by atoms with E-state index in [-0.39, 0.29) is 10.9 Å². The average molecular weight is 632 g/mol. The van der Waals surface area contributed by atoms with Crippen molar-refractivity contribution in [3.63, 3.8) is 0 Å². The second-order valence-electron chi connectivity index (χ2n) is 11.4. The molecule has 4 aromatic carbocycles. The molecular weight excluding hydrogens is 595 g/mol. The number of fused-ring (bicyclic) bond motifs is 1. The fourth-order valence-electron chi connectivity index (χ4n) is 5.67. The molecule has 0 spiro atoms. The summed E-state index contributed by atoms with van der Waals surface area (Å²) < 4.78 is 30.0. The van der Waals surface area contributed by atoms with Crippen molar-refractivity contribution < 1.29 is 13.6 Å². The third-order valence-electron chi connectivity index (χ3n) is 7.63. The molecule has 0 fully saturated rings. The lowest BCUT2D eigenvalue weighted by Gasteiger charge is -2.43. The molecule has 0 aliphatic heterocycles. The van der Waals surface area contributed by atoms with Gasteiger partial charge in [-0.05, 0) is 85.5 Å². The van der Waals surface area contributed by atoms with Crippen molar-refractivity contribution in [2.24, 2.45) is 0 Å². The second-order valence-corrected chi connectivity index (χ2v) is 16.4. The lowest BCUT2D eigenvalue weighted by Crippen LogP contribution is -2.68. The van der Waals surface area contributed by atoms with Crippen LogP contribution in [-0.4, -0.2) is 31.8 Å².